The molecule has 1 aliphatic carbocycles. The first kappa shape index (κ1) is 11.1. The molecule has 1 aromatic carbocycles. The second-order valence-corrected chi connectivity index (χ2v) is 5.30. The molecule has 0 radical (unpaired) electrons. The first-order chi connectivity index (χ1) is 8.43. The summed E-state index contributed by atoms with van der Waals surface area (Å²) in [5, 5.41) is 3.70. The molecule has 92 valence electrons. The van der Waals surface area contributed by atoms with E-state index in [0.717, 1.165) is 19.1 Å². The van der Waals surface area contributed by atoms with Gasteiger partial charge in [0, 0.05) is 31.4 Å². The molecule has 0 unspecified atom stereocenters. The third-order valence-electron chi connectivity index (χ3n) is 4.15. The van der Waals surface area contributed by atoms with Crippen molar-refractivity contribution in [3.05, 3.63) is 29.8 Å². The number of hydrogen-bond donors (Lipinski definition) is 1. The molecule has 0 bridgehead atoms. The predicted octanol–water partition coefficient (Wildman–Crippen LogP) is 2.58. The first-order valence-electron chi connectivity index (χ1n) is 7.00. The monoisotopic (exact) mass is 230 g/mol. The summed E-state index contributed by atoms with van der Waals surface area (Å²) in [6.45, 7) is 3.50. The second kappa shape index (κ2) is 5.09. The maximum absolute atomic E-state index is 3.70. The number of benzene rings is 1. The fourth-order valence-corrected chi connectivity index (χ4v) is 3.17. The van der Waals surface area contributed by atoms with Crippen LogP contribution in [0.2, 0.25) is 0 Å². The van der Waals surface area contributed by atoms with Gasteiger partial charge < -0.3 is 10.2 Å². The molecule has 1 aliphatic heterocycles. The van der Waals surface area contributed by atoms with Gasteiger partial charge >= 0.3 is 0 Å². The van der Waals surface area contributed by atoms with Crippen molar-refractivity contribution in [2.24, 2.45) is 0 Å². The summed E-state index contributed by atoms with van der Waals surface area (Å²) >= 11 is 0. The van der Waals surface area contributed by atoms with E-state index in [9.17, 15) is 0 Å². The highest BCUT2D eigenvalue weighted by Crippen LogP contribution is 2.26. The van der Waals surface area contributed by atoms with Crippen LogP contribution in [0.3, 0.4) is 0 Å². The molecule has 1 fully saturated rings. The Balaban J connectivity index is 1.50. The van der Waals surface area contributed by atoms with Crippen LogP contribution in [-0.2, 0) is 6.42 Å². The van der Waals surface area contributed by atoms with Gasteiger partial charge in [0.1, 0.15) is 0 Å². The SMILES string of the molecule is c1ccc2c(c1)CCN2CCNC1CCCC1. The Hall–Kier alpha value is -1.02. The van der Waals surface area contributed by atoms with Crippen LogP contribution in [0.5, 0.6) is 0 Å². The normalized spacial score (nSPS) is 19.9. The highest BCUT2D eigenvalue weighted by atomic mass is 15.2. The van der Waals surface area contributed by atoms with Crippen molar-refractivity contribution in [2.45, 2.75) is 38.1 Å². The predicted molar refractivity (Wildman–Crippen MR) is 72.6 cm³/mol. The van der Waals surface area contributed by atoms with Crippen molar-refractivity contribution in [3.8, 4) is 0 Å². The third-order valence-corrected chi connectivity index (χ3v) is 4.15. The lowest BCUT2D eigenvalue weighted by Crippen LogP contribution is -2.35. The van der Waals surface area contributed by atoms with Crippen LogP contribution < -0.4 is 10.2 Å². The topological polar surface area (TPSA) is 15.3 Å². The summed E-state index contributed by atoms with van der Waals surface area (Å²) in [5.41, 5.74) is 2.98. The number of para-hydroxylation sites is 1. The summed E-state index contributed by atoms with van der Waals surface area (Å²) in [6.07, 6.45) is 6.83. The summed E-state index contributed by atoms with van der Waals surface area (Å²) < 4.78 is 0. The van der Waals surface area contributed by atoms with E-state index in [2.05, 4.69) is 34.5 Å². The molecule has 17 heavy (non-hydrogen) atoms. The van der Waals surface area contributed by atoms with Crippen molar-refractivity contribution in [3.63, 3.8) is 0 Å². The average molecular weight is 230 g/mol. The van der Waals surface area contributed by atoms with Gasteiger partial charge in [0.25, 0.3) is 0 Å². The minimum Gasteiger partial charge on any atom is -0.370 e. The molecule has 0 saturated heterocycles. The van der Waals surface area contributed by atoms with E-state index in [-0.39, 0.29) is 0 Å². The third kappa shape index (κ3) is 2.47. The molecule has 2 aliphatic rings. The second-order valence-electron chi connectivity index (χ2n) is 5.30. The Bertz CT molecular complexity index is 369. The Labute approximate surface area is 104 Å². The van der Waals surface area contributed by atoms with E-state index >= 15 is 0 Å². The maximum atomic E-state index is 3.70. The van der Waals surface area contributed by atoms with Gasteiger partial charge in [-0.25, -0.2) is 0 Å². The van der Waals surface area contributed by atoms with Crippen molar-refractivity contribution in [2.75, 3.05) is 24.5 Å². The number of rotatable bonds is 4. The molecule has 3 rings (SSSR count). The van der Waals surface area contributed by atoms with Gasteiger partial charge in [-0.15, -0.1) is 0 Å². The molecule has 2 heteroatoms. The number of nitrogens with zero attached hydrogens (tertiary/aromatic N) is 1. The Kier molecular flexibility index (Phi) is 3.32. The van der Waals surface area contributed by atoms with E-state index in [4.69, 9.17) is 0 Å². The molecule has 2 nitrogen and oxygen atoms in total. The molecule has 1 N–H and O–H groups in total. The van der Waals surface area contributed by atoms with Gasteiger partial charge in [-0.2, -0.15) is 0 Å². The highest BCUT2D eigenvalue weighted by molar-refractivity contribution is 5.57. The van der Waals surface area contributed by atoms with E-state index in [1.165, 1.54) is 49.9 Å². The Morgan fingerprint density at radius 2 is 2.00 bits per heavy atom. The standard InChI is InChI=1S/C15H22N2/c1-4-8-15-13(5-1)9-11-17(15)12-10-16-14-6-2-3-7-14/h1,4-5,8,14,16H,2-3,6-7,9-12H2. The Morgan fingerprint density at radius 3 is 2.88 bits per heavy atom. The van der Waals surface area contributed by atoms with Crippen molar-refractivity contribution >= 4 is 5.69 Å². The first-order valence-corrected chi connectivity index (χ1v) is 7.00. The van der Waals surface area contributed by atoms with E-state index < -0.39 is 0 Å². The average Bonchev–Trinajstić information content (AvgIpc) is 2.99. The lowest BCUT2D eigenvalue weighted by Gasteiger charge is -2.21. The van der Waals surface area contributed by atoms with Gasteiger partial charge in [0.2, 0.25) is 0 Å². The molecule has 0 aromatic heterocycles. The van der Waals surface area contributed by atoms with Crippen LogP contribution in [0.25, 0.3) is 0 Å². The van der Waals surface area contributed by atoms with Gasteiger partial charge in [-0.1, -0.05) is 31.0 Å². The van der Waals surface area contributed by atoms with Crippen LogP contribution in [-0.4, -0.2) is 25.7 Å². The number of anilines is 1. The number of hydrogen-bond acceptors (Lipinski definition) is 2. The number of fused-ring (bicyclic) bond motifs is 1. The number of nitrogens with one attached hydrogen (secondary N) is 1. The molecule has 0 spiro atoms. The van der Waals surface area contributed by atoms with E-state index in [1.54, 1.807) is 0 Å². The summed E-state index contributed by atoms with van der Waals surface area (Å²) in [5.74, 6) is 0. The van der Waals surface area contributed by atoms with Crippen LogP contribution in [0, 0.1) is 0 Å². The minimum atomic E-state index is 0.799. The molecule has 0 atom stereocenters. The summed E-state index contributed by atoms with van der Waals surface area (Å²) in [6, 6.07) is 9.63. The van der Waals surface area contributed by atoms with Crippen molar-refractivity contribution in [1.29, 1.82) is 0 Å². The molecule has 1 saturated carbocycles. The maximum Gasteiger partial charge on any atom is 0.0399 e. The van der Waals surface area contributed by atoms with Gasteiger partial charge in [0.15, 0.2) is 0 Å². The van der Waals surface area contributed by atoms with Crippen LogP contribution in [0.1, 0.15) is 31.2 Å². The fraction of sp³-hybridized carbons (Fsp3) is 0.600. The smallest absolute Gasteiger partial charge is 0.0399 e. The fourth-order valence-electron chi connectivity index (χ4n) is 3.17. The highest BCUT2D eigenvalue weighted by Gasteiger charge is 2.18. The summed E-state index contributed by atoms with van der Waals surface area (Å²) in [4.78, 5) is 2.53. The zero-order valence-corrected chi connectivity index (χ0v) is 10.5. The van der Waals surface area contributed by atoms with Gasteiger partial charge in [0.05, 0.1) is 0 Å². The van der Waals surface area contributed by atoms with Crippen LogP contribution >= 0.6 is 0 Å². The Morgan fingerprint density at radius 1 is 1.18 bits per heavy atom. The van der Waals surface area contributed by atoms with Crippen LogP contribution in [0.4, 0.5) is 5.69 Å². The largest absolute Gasteiger partial charge is 0.370 e. The van der Waals surface area contributed by atoms with Crippen LogP contribution in [0.15, 0.2) is 24.3 Å². The summed E-state index contributed by atoms with van der Waals surface area (Å²) in [7, 11) is 0. The zero-order chi connectivity index (χ0) is 11.5. The molecular weight excluding hydrogens is 208 g/mol. The molecule has 0 amide bonds. The zero-order valence-electron chi connectivity index (χ0n) is 10.5. The van der Waals surface area contributed by atoms with E-state index in [1.807, 2.05) is 0 Å². The van der Waals surface area contributed by atoms with Gasteiger partial charge in [-0.05, 0) is 30.9 Å². The lowest BCUT2D eigenvalue weighted by molar-refractivity contribution is 0.526. The van der Waals surface area contributed by atoms with Gasteiger partial charge in [-0.3, -0.25) is 0 Å². The quantitative estimate of drug-likeness (QED) is 0.855. The van der Waals surface area contributed by atoms with E-state index in [0.29, 0.717) is 0 Å². The molecule has 1 heterocycles. The minimum absolute atomic E-state index is 0.799. The lowest BCUT2D eigenvalue weighted by atomic mass is 10.2. The van der Waals surface area contributed by atoms with Crippen molar-refractivity contribution < 1.29 is 0 Å². The van der Waals surface area contributed by atoms with Crippen molar-refractivity contribution in [1.82, 2.24) is 5.32 Å². The molecular formula is C15H22N2. The molecule has 1 aromatic rings.